The molecule has 0 radical (unpaired) electrons. The van der Waals surface area contributed by atoms with Gasteiger partial charge in [-0.2, -0.15) is 0 Å². The summed E-state index contributed by atoms with van der Waals surface area (Å²) in [6, 6.07) is 3.11. The average molecular weight is 336 g/mol. The molecule has 6 nitrogen and oxygen atoms in total. The Morgan fingerprint density at radius 3 is 2.21 bits per heavy atom. The van der Waals surface area contributed by atoms with Gasteiger partial charge in [0.2, 0.25) is 5.91 Å². The van der Waals surface area contributed by atoms with Crippen LogP contribution in [0.3, 0.4) is 0 Å². The molecule has 24 heavy (non-hydrogen) atoms. The second-order valence-electron chi connectivity index (χ2n) is 6.47. The van der Waals surface area contributed by atoms with Gasteiger partial charge in [-0.1, -0.05) is 19.9 Å². The highest BCUT2D eigenvalue weighted by atomic mass is 16.7. The molecule has 1 aromatic heterocycles. The van der Waals surface area contributed by atoms with E-state index in [0.29, 0.717) is 6.54 Å². The molecule has 1 aliphatic rings. The van der Waals surface area contributed by atoms with Crippen LogP contribution in [0.1, 0.15) is 48.5 Å². The Morgan fingerprint density at radius 2 is 1.71 bits per heavy atom. The molecule has 0 aliphatic carbocycles. The van der Waals surface area contributed by atoms with Crippen LogP contribution in [0.2, 0.25) is 0 Å². The smallest absolute Gasteiger partial charge is 0.399 e. The number of pyridine rings is 1. The zero-order valence-corrected chi connectivity index (χ0v) is 15.8. The highest BCUT2D eigenvalue weighted by Gasteiger charge is 2.51. The highest BCUT2D eigenvalue weighted by Crippen LogP contribution is 2.36. The first-order valence-electron chi connectivity index (χ1n) is 8.49. The highest BCUT2D eigenvalue weighted by molar-refractivity contribution is 6.62. The summed E-state index contributed by atoms with van der Waals surface area (Å²) in [5.74, 6) is -0.198. The van der Waals surface area contributed by atoms with Gasteiger partial charge < -0.3 is 19.2 Å². The van der Waals surface area contributed by atoms with E-state index in [1.807, 2.05) is 48.5 Å². The predicted molar refractivity (Wildman–Crippen MR) is 96.4 cm³/mol. The van der Waals surface area contributed by atoms with E-state index >= 15 is 0 Å². The summed E-state index contributed by atoms with van der Waals surface area (Å²) in [6.07, 6.45) is 1.62. The summed E-state index contributed by atoms with van der Waals surface area (Å²) in [7, 11) is -0.550. The number of aromatic nitrogens is 1. The minimum absolute atomic E-state index is 0.0139. The molecule has 1 amide bonds. The van der Waals surface area contributed by atoms with Crippen molar-refractivity contribution in [3.05, 3.63) is 28.7 Å². The molecule has 1 aromatic rings. The van der Waals surface area contributed by atoms with E-state index in [9.17, 15) is 9.59 Å². The van der Waals surface area contributed by atoms with Crippen molar-refractivity contribution >= 4 is 18.5 Å². The van der Waals surface area contributed by atoms with E-state index in [1.54, 1.807) is 12.3 Å². The predicted octanol–water partition coefficient (Wildman–Crippen LogP) is 1.31. The van der Waals surface area contributed by atoms with Crippen LogP contribution in [0.5, 0.6) is 0 Å². The summed E-state index contributed by atoms with van der Waals surface area (Å²) >= 11 is 0. The Bertz CT molecular complexity index is 609. The minimum atomic E-state index is -0.550. The molecule has 0 atom stereocenters. The van der Waals surface area contributed by atoms with Crippen molar-refractivity contribution in [1.82, 2.24) is 9.88 Å². The quantitative estimate of drug-likeness (QED) is 0.842. The Hall–Kier alpha value is -1.60. The van der Waals surface area contributed by atoms with Gasteiger partial charge in [0.25, 0.3) is 5.56 Å². The average Bonchev–Trinajstić information content (AvgIpc) is 2.72. The molecule has 1 fully saturated rings. The van der Waals surface area contributed by atoms with Crippen molar-refractivity contribution in [1.29, 1.82) is 0 Å². The first-order valence-corrected chi connectivity index (χ1v) is 8.49. The van der Waals surface area contributed by atoms with Crippen LogP contribution >= 0.6 is 0 Å². The molecule has 0 aromatic carbocycles. The van der Waals surface area contributed by atoms with Crippen LogP contribution in [-0.4, -0.2) is 35.3 Å². The lowest BCUT2D eigenvalue weighted by Gasteiger charge is -2.32. The van der Waals surface area contributed by atoms with Crippen molar-refractivity contribution < 1.29 is 14.1 Å². The van der Waals surface area contributed by atoms with Crippen molar-refractivity contribution in [2.75, 3.05) is 6.54 Å². The van der Waals surface area contributed by atoms with Gasteiger partial charge in [0, 0.05) is 18.8 Å². The van der Waals surface area contributed by atoms with Crippen LogP contribution in [0, 0.1) is 0 Å². The number of amides is 1. The largest absolute Gasteiger partial charge is 0.496 e. The van der Waals surface area contributed by atoms with Crippen LogP contribution in [0.15, 0.2) is 23.1 Å². The molecular weight excluding hydrogens is 307 g/mol. The van der Waals surface area contributed by atoms with E-state index in [0.717, 1.165) is 5.46 Å². The number of carbonyl (C=O) groups excluding carboxylic acids is 1. The molecule has 0 spiro atoms. The zero-order chi connectivity index (χ0) is 18.5. The van der Waals surface area contributed by atoms with Crippen LogP contribution in [-0.2, 0) is 20.6 Å². The van der Waals surface area contributed by atoms with Gasteiger partial charge in [-0.15, -0.1) is 0 Å². The van der Waals surface area contributed by atoms with Gasteiger partial charge in [0.1, 0.15) is 6.54 Å². The number of carbonyl (C=O) groups is 1. The summed E-state index contributed by atoms with van der Waals surface area (Å²) in [4.78, 5) is 23.6. The standard InChI is InChI=1S/C15H23BN2O4.C2H6/c1-6-17-12(19)10-18-9-11(7-8-13(18)20)16-21-14(2,3)15(4,5)22-16;1-2/h7-9H,6,10H2,1-5H3,(H,17,19);1-2H3. The van der Waals surface area contributed by atoms with E-state index in [-0.39, 0.29) is 18.0 Å². The zero-order valence-electron chi connectivity index (χ0n) is 15.8. The third-order valence-electron chi connectivity index (χ3n) is 4.22. The van der Waals surface area contributed by atoms with E-state index in [4.69, 9.17) is 9.31 Å². The third-order valence-corrected chi connectivity index (χ3v) is 4.22. The van der Waals surface area contributed by atoms with Gasteiger partial charge in [-0.25, -0.2) is 0 Å². The first-order chi connectivity index (χ1) is 11.2. The Labute approximate surface area is 144 Å². The van der Waals surface area contributed by atoms with E-state index in [1.165, 1.54) is 10.6 Å². The normalized spacial score (nSPS) is 17.9. The van der Waals surface area contributed by atoms with Gasteiger partial charge in [0.05, 0.1) is 11.2 Å². The third kappa shape index (κ3) is 4.48. The molecule has 0 unspecified atom stereocenters. The van der Waals surface area contributed by atoms with Crippen LogP contribution in [0.4, 0.5) is 0 Å². The fraction of sp³-hybridized carbons (Fsp3) is 0.647. The number of likely N-dealkylation sites (N-methyl/N-ethyl adjacent to an activating group) is 1. The van der Waals surface area contributed by atoms with Gasteiger partial charge in [-0.3, -0.25) is 9.59 Å². The number of nitrogens with zero attached hydrogens (tertiary/aromatic N) is 1. The molecule has 1 N–H and O–H groups in total. The Morgan fingerprint density at radius 1 is 1.17 bits per heavy atom. The van der Waals surface area contributed by atoms with Crippen molar-refractivity contribution in [2.24, 2.45) is 0 Å². The molecule has 134 valence electrons. The van der Waals surface area contributed by atoms with E-state index in [2.05, 4.69) is 5.32 Å². The lowest BCUT2D eigenvalue weighted by atomic mass is 9.80. The summed E-state index contributed by atoms with van der Waals surface area (Å²) in [6.45, 7) is 14.2. The number of hydrogen-bond acceptors (Lipinski definition) is 4. The maximum absolute atomic E-state index is 11.9. The van der Waals surface area contributed by atoms with Gasteiger partial charge in [-0.05, 0) is 40.1 Å². The lowest BCUT2D eigenvalue weighted by molar-refractivity contribution is -0.121. The number of hydrogen-bond donors (Lipinski definition) is 1. The monoisotopic (exact) mass is 336 g/mol. The second-order valence-corrected chi connectivity index (χ2v) is 6.47. The fourth-order valence-electron chi connectivity index (χ4n) is 2.20. The molecule has 7 heteroatoms. The Balaban J connectivity index is 0.00000139. The number of rotatable bonds is 4. The van der Waals surface area contributed by atoms with Crippen LogP contribution < -0.4 is 16.3 Å². The van der Waals surface area contributed by atoms with Crippen molar-refractivity contribution in [3.8, 4) is 0 Å². The molecule has 0 bridgehead atoms. The van der Waals surface area contributed by atoms with Crippen LogP contribution in [0.25, 0.3) is 0 Å². The lowest BCUT2D eigenvalue weighted by Crippen LogP contribution is -2.41. The summed E-state index contributed by atoms with van der Waals surface area (Å²) in [5.41, 5.74) is -0.398. The second kappa shape index (κ2) is 7.99. The number of nitrogens with one attached hydrogen (secondary N) is 1. The molecule has 2 rings (SSSR count). The Kier molecular flexibility index (Phi) is 6.81. The topological polar surface area (TPSA) is 69.6 Å². The van der Waals surface area contributed by atoms with E-state index < -0.39 is 18.3 Å². The van der Waals surface area contributed by atoms with Gasteiger partial charge in [0.15, 0.2) is 0 Å². The molecule has 2 heterocycles. The molecule has 1 saturated heterocycles. The fourth-order valence-corrected chi connectivity index (χ4v) is 2.20. The summed E-state index contributed by atoms with van der Waals surface area (Å²) in [5, 5.41) is 2.68. The van der Waals surface area contributed by atoms with Crippen molar-refractivity contribution in [2.45, 2.75) is 66.2 Å². The minimum Gasteiger partial charge on any atom is -0.399 e. The molecule has 1 aliphatic heterocycles. The SMILES string of the molecule is CC.CCNC(=O)Cn1cc(B2OC(C)(C)C(C)(C)O2)ccc1=O. The summed E-state index contributed by atoms with van der Waals surface area (Å²) < 4.78 is 13.3. The maximum Gasteiger partial charge on any atom is 0.496 e. The maximum atomic E-state index is 11.9. The van der Waals surface area contributed by atoms with Gasteiger partial charge >= 0.3 is 7.12 Å². The molecule has 0 saturated carbocycles. The first kappa shape index (κ1) is 20.4. The molecular formula is C17H29BN2O4. The van der Waals surface area contributed by atoms with Crippen molar-refractivity contribution in [3.63, 3.8) is 0 Å².